The highest BCUT2D eigenvalue weighted by molar-refractivity contribution is 7.09. The molecule has 0 saturated heterocycles. The lowest BCUT2D eigenvalue weighted by Crippen LogP contribution is -2.25. The molecule has 0 aliphatic carbocycles. The molecule has 0 fully saturated rings. The summed E-state index contributed by atoms with van der Waals surface area (Å²) in [5.41, 5.74) is 7.62. The molecule has 0 radical (unpaired) electrons. The number of nitrogens with one attached hydrogen (secondary N) is 1. The zero-order chi connectivity index (χ0) is 15.6. The van der Waals surface area contributed by atoms with E-state index in [4.69, 9.17) is 5.73 Å². The summed E-state index contributed by atoms with van der Waals surface area (Å²) in [6, 6.07) is 12.1. The number of benzene rings is 1. The second-order valence-electron chi connectivity index (χ2n) is 5.48. The third-order valence-corrected chi connectivity index (χ3v) is 4.56. The lowest BCUT2D eigenvalue weighted by atomic mass is 10.1. The minimum Gasteiger partial charge on any atom is -0.399 e. The first-order chi connectivity index (χ1) is 10.7. The lowest BCUT2D eigenvalue weighted by Gasteiger charge is -2.06. The quantitative estimate of drug-likeness (QED) is 0.524. The van der Waals surface area contributed by atoms with Gasteiger partial charge in [0.05, 0.1) is 0 Å². The molecule has 23 heavy (non-hydrogen) atoms. The van der Waals surface area contributed by atoms with Crippen LogP contribution in [0.5, 0.6) is 0 Å². The number of carbonyl (C=O) groups excluding carboxylic acids is 1. The summed E-state index contributed by atoms with van der Waals surface area (Å²) < 4.78 is 0. The molecule has 0 atom stereocenters. The second-order valence-corrected chi connectivity index (χ2v) is 6.51. The van der Waals surface area contributed by atoms with Gasteiger partial charge in [-0.2, -0.15) is 0 Å². The summed E-state index contributed by atoms with van der Waals surface area (Å²) in [6.07, 6.45) is 5.87. The molecule has 3 N–H and O–H groups in total. The summed E-state index contributed by atoms with van der Waals surface area (Å²) in [5, 5.41) is 5.10. The molecule has 2 rings (SSSR count). The van der Waals surface area contributed by atoms with Crippen LogP contribution >= 0.6 is 23.7 Å². The normalized spacial score (nSPS) is 10.1. The maximum absolute atomic E-state index is 11.8. The Morgan fingerprint density at radius 1 is 1.04 bits per heavy atom. The van der Waals surface area contributed by atoms with Gasteiger partial charge in [0.2, 0.25) is 5.91 Å². The molecular formula is C18H25ClN2OS. The van der Waals surface area contributed by atoms with Crippen molar-refractivity contribution in [2.45, 2.75) is 38.5 Å². The number of rotatable bonds is 9. The van der Waals surface area contributed by atoms with Crippen LogP contribution in [0.4, 0.5) is 5.69 Å². The fourth-order valence-corrected chi connectivity index (χ4v) is 3.09. The highest BCUT2D eigenvalue weighted by atomic mass is 35.5. The Morgan fingerprint density at radius 2 is 1.83 bits per heavy atom. The van der Waals surface area contributed by atoms with E-state index in [2.05, 4.69) is 22.8 Å². The Labute approximate surface area is 148 Å². The molecule has 0 bridgehead atoms. The molecule has 1 aromatic carbocycles. The largest absolute Gasteiger partial charge is 0.399 e. The average Bonchev–Trinajstić information content (AvgIpc) is 3.02. The Hall–Kier alpha value is -1.52. The van der Waals surface area contributed by atoms with Crippen molar-refractivity contribution in [3.05, 3.63) is 52.2 Å². The molecule has 126 valence electrons. The summed E-state index contributed by atoms with van der Waals surface area (Å²) in [4.78, 5) is 13.2. The van der Waals surface area contributed by atoms with Crippen molar-refractivity contribution >= 4 is 35.3 Å². The molecule has 0 unspecified atom stereocenters. The topological polar surface area (TPSA) is 55.1 Å². The Bertz CT molecular complexity index is 555. The molecule has 5 heteroatoms. The van der Waals surface area contributed by atoms with Crippen LogP contribution in [0.1, 0.15) is 36.1 Å². The maximum Gasteiger partial charge on any atom is 0.220 e. The Balaban J connectivity index is 0.00000264. The SMILES string of the molecule is Cl.Nc1ccc(CCNC(=O)CCCCCc2cccs2)cc1. The number of anilines is 1. The summed E-state index contributed by atoms with van der Waals surface area (Å²) in [6.45, 7) is 0.692. The number of nitrogen functional groups attached to an aromatic ring is 1. The van der Waals surface area contributed by atoms with Gasteiger partial charge in [0, 0.05) is 23.5 Å². The van der Waals surface area contributed by atoms with Crippen molar-refractivity contribution in [1.29, 1.82) is 0 Å². The van der Waals surface area contributed by atoms with Crippen molar-refractivity contribution < 1.29 is 4.79 Å². The molecule has 0 aliphatic heterocycles. The van der Waals surface area contributed by atoms with E-state index in [1.165, 1.54) is 16.9 Å². The van der Waals surface area contributed by atoms with Gasteiger partial charge in [0.1, 0.15) is 0 Å². The fraction of sp³-hybridized carbons (Fsp3) is 0.389. The second kappa shape index (κ2) is 11.1. The van der Waals surface area contributed by atoms with E-state index in [9.17, 15) is 4.79 Å². The number of amides is 1. The summed E-state index contributed by atoms with van der Waals surface area (Å²) in [7, 11) is 0. The van der Waals surface area contributed by atoms with Crippen LogP contribution in [0.3, 0.4) is 0 Å². The molecular weight excluding hydrogens is 328 g/mol. The van der Waals surface area contributed by atoms with Crippen molar-refractivity contribution in [3.63, 3.8) is 0 Å². The van der Waals surface area contributed by atoms with Crippen molar-refractivity contribution in [3.8, 4) is 0 Å². The molecule has 0 spiro atoms. The zero-order valence-corrected chi connectivity index (χ0v) is 14.9. The highest BCUT2D eigenvalue weighted by Gasteiger charge is 2.01. The minimum atomic E-state index is 0. The molecule has 1 heterocycles. The minimum absolute atomic E-state index is 0. The molecule has 1 aromatic heterocycles. The van der Waals surface area contributed by atoms with Gasteiger partial charge in [0.15, 0.2) is 0 Å². The van der Waals surface area contributed by atoms with Crippen molar-refractivity contribution in [2.24, 2.45) is 0 Å². The smallest absolute Gasteiger partial charge is 0.220 e. The standard InChI is InChI=1S/C18H24N2OS.ClH/c19-16-10-8-15(9-11-16)12-13-20-18(21)7-3-1-2-5-17-6-4-14-22-17;/h4,6,8-11,14H,1-3,5,7,12-13,19H2,(H,20,21);1H. The number of unbranched alkanes of at least 4 members (excludes halogenated alkanes) is 2. The van der Waals surface area contributed by atoms with Gasteiger partial charge < -0.3 is 11.1 Å². The Kier molecular flexibility index (Phi) is 9.41. The van der Waals surface area contributed by atoms with Gasteiger partial charge >= 0.3 is 0 Å². The van der Waals surface area contributed by atoms with Gasteiger partial charge in [-0.25, -0.2) is 0 Å². The van der Waals surface area contributed by atoms with Gasteiger partial charge in [-0.1, -0.05) is 24.6 Å². The molecule has 0 saturated carbocycles. The van der Waals surface area contributed by atoms with Crippen LogP contribution in [0, 0.1) is 0 Å². The van der Waals surface area contributed by atoms with E-state index in [-0.39, 0.29) is 18.3 Å². The van der Waals surface area contributed by atoms with Crippen LogP contribution < -0.4 is 11.1 Å². The zero-order valence-electron chi connectivity index (χ0n) is 13.3. The first kappa shape index (κ1) is 19.5. The van der Waals surface area contributed by atoms with Crippen molar-refractivity contribution in [2.75, 3.05) is 12.3 Å². The molecule has 1 amide bonds. The predicted molar refractivity (Wildman–Crippen MR) is 101 cm³/mol. The van der Waals surface area contributed by atoms with Gasteiger partial charge in [-0.05, 0) is 54.8 Å². The fourth-order valence-electron chi connectivity index (χ4n) is 2.34. The number of nitrogens with two attached hydrogens (primary N) is 1. The summed E-state index contributed by atoms with van der Waals surface area (Å²) in [5.74, 6) is 0.159. The number of aryl methyl sites for hydroxylation is 1. The van der Waals surface area contributed by atoms with E-state index in [1.54, 1.807) is 0 Å². The number of hydrogen-bond acceptors (Lipinski definition) is 3. The first-order valence-electron chi connectivity index (χ1n) is 7.87. The van der Waals surface area contributed by atoms with Gasteiger partial charge in [-0.3, -0.25) is 4.79 Å². The molecule has 2 aromatic rings. The van der Waals surface area contributed by atoms with Crippen LogP contribution in [-0.4, -0.2) is 12.5 Å². The predicted octanol–water partition coefficient (Wildman–Crippen LogP) is 4.21. The third-order valence-electron chi connectivity index (χ3n) is 3.62. The van der Waals surface area contributed by atoms with E-state index >= 15 is 0 Å². The number of carbonyl (C=O) groups is 1. The number of thiophene rings is 1. The van der Waals surface area contributed by atoms with E-state index in [0.717, 1.165) is 31.4 Å². The summed E-state index contributed by atoms with van der Waals surface area (Å²) >= 11 is 1.81. The van der Waals surface area contributed by atoms with E-state index < -0.39 is 0 Å². The van der Waals surface area contributed by atoms with Gasteiger partial charge in [0.25, 0.3) is 0 Å². The van der Waals surface area contributed by atoms with E-state index in [0.29, 0.717) is 13.0 Å². The van der Waals surface area contributed by atoms with Crippen LogP contribution in [-0.2, 0) is 17.6 Å². The Morgan fingerprint density at radius 3 is 2.52 bits per heavy atom. The lowest BCUT2D eigenvalue weighted by molar-refractivity contribution is -0.121. The van der Waals surface area contributed by atoms with Crippen molar-refractivity contribution in [1.82, 2.24) is 5.32 Å². The number of hydrogen-bond donors (Lipinski definition) is 2. The highest BCUT2D eigenvalue weighted by Crippen LogP contribution is 2.13. The third kappa shape index (κ3) is 8.05. The maximum atomic E-state index is 11.8. The molecule has 0 aliphatic rings. The van der Waals surface area contributed by atoms with Crippen LogP contribution in [0.25, 0.3) is 0 Å². The van der Waals surface area contributed by atoms with Gasteiger partial charge in [-0.15, -0.1) is 23.7 Å². The molecule has 3 nitrogen and oxygen atoms in total. The number of halogens is 1. The van der Waals surface area contributed by atoms with Crippen LogP contribution in [0.2, 0.25) is 0 Å². The first-order valence-corrected chi connectivity index (χ1v) is 8.75. The average molecular weight is 353 g/mol. The van der Waals surface area contributed by atoms with E-state index in [1.807, 2.05) is 35.6 Å². The van der Waals surface area contributed by atoms with Crippen LogP contribution in [0.15, 0.2) is 41.8 Å². The monoisotopic (exact) mass is 352 g/mol.